The summed E-state index contributed by atoms with van der Waals surface area (Å²) in [5.74, 6) is -0.847. The van der Waals surface area contributed by atoms with E-state index in [0.29, 0.717) is 0 Å². The minimum Gasteiger partial charge on any atom is -0.391 e. The van der Waals surface area contributed by atoms with Crippen molar-refractivity contribution in [3.8, 4) is 0 Å². The molecule has 8 nitrogen and oxygen atoms in total. The van der Waals surface area contributed by atoms with Gasteiger partial charge in [0.25, 0.3) is 0 Å². The van der Waals surface area contributed by atoms with Crippen LogP contribution in [0.4, 0.5) is 0 Å². The molecule has 0 bridgehead atoms. The summed E-state index contributed by atoms with van der Waals surface area (Å²) in [5, 5.41) is 15.7. The third-order valence-corrected chi connectivity index (χ3v) is 6.97. The van der Waals surface area contributed by atoms with E-state index in [1.165, 1.54) is 0 Å². The number of nitrogens with two attached hydrogens (primary N) is 1. The van der Waals surface area contributed by atoms with Gasteiger partial charge < -0.3 is 21.5 Å². The maximum absolute atomic E-state index is 12.6. The molecule has 0 heterocycles. The van der Waals surface area contributed by atoms with Crippen LogP contribution in [-0.2, 0) is 14.2 Å². The maximum Gasteiger partial charge on any atom is 0.509 e. The first-order valence-corrected chi connectivity index (χ1v) is 12.0. The Bertz CT molecular complexity index is 552. The number of aliphatic hydroxyl groups is 1. The largest absolute Gasteiger partial charge is 0.509 e. The Morgan fingerprint density at radius 2 is 1.66 bits per heavy atom. The third-order valence-electron chi connectivity index (χ3n) is 5.77. The predicted octanol–water partition coefficient (Wildman–Crippen LogP) is 1.66. The molecule has 0 radical (unpaired) electrons. The normalized spacial score (nSPS) is 20.1. The van der Waals surface area contributed by atoms with E-state index in [1.807, 2.05) is 27.7 Å². The lowest BCUT2D eigenvalue weighted by molar-refractivity contribution is -0.131. The average Bonchev–Trinajstić information content (AvgIpc) is 2.67. The molecule has 0 aromatic carbocycles. The highest BCUT2D eigenvalue weighted by Gasteiger charge is 2.39. The molecule has 5 atom stereocenters. The van der Waals surface area contributed by atoms with Gasteiger partial charge >= 0.3 is 8.03 Å². The van der Waals surface area contributed by atoms with Gasteiger partial charge in [-0.2, -0.15) is 4.89 Å². The number of carbonyl (C=O) groups is 2. The molecule has 1 aliphatic rings. The van der Waals surface area contributed by atoms with E-state index in [4.69, 9.17) is 5.73 Å². The van der Waals surface area contributed by atoms with Crippen molar-refractivity contribution in [1.29, 1.82) is 0 Å². The topological polar surface area (TPSA) is 142 Å². The zero-order chi connectivity index (χ0) is 22.1. The third kappa shape index (κ3) is 8.67. The van der Waals surface area contributed by atoms with Crippen molar-refractivity contribution >= 4 is 19.8 Å². The van der Waals surface area contributed by atoms with E-state index in [2.05, 4.69) is 10.6 Å². The first-order chi connectivity index (χ1) is 13.5. The molecule has 6 N–H and O–H groups in total. The van der Waals surface area contributed by atoms with Crippen molar-refractivity contribution in [1.82, 2.24) is 10.6 Å². The molecule has 0 aromatic rings. The summed E-state index contributed by atoms with van der Waals surface area (Å²) in [5.41, 5.74) is 5.39. The van der Waals surface area contributed by atoms with Crippen LogP contribution in [0.1, 0.15) is 66.2 Å². The average molecular weight is 433 g/mol. The van der Waals surface area contributed by atoms with E-state index in [1.54, 1.807) is 0 Å². The van der Waals surface area contributed by atoms with Crippen molar-refractivity contribution in [2.75, 3.05) is 6.54 Å². The minimum atomic E-state index is -2.39. The van der Waals surface area contributed by atoms with Crippen molar-refractivity contribution in [2.24, 2.45) is 23.5 Å². The molecule has 1 aliphatic carbocycles. The molecule has 9 heteroatoms. The summed E-state index contributed by atoms with van der Waals surface area (Å²) in [4.78, 5) is 34.5. The van der Waals surface area contributed by atoms with E-state index in [9.17, 15) is 24.2 Å². The number of carbonyl (C=O) groups excluding carboxylic acids is 2. The molecular weight excluding hydrogens is 393 g/mol. The van der Waals surface area contributed by atoms with E-state index < -0.39 is 37.8 Å². The van der Waals surface area contributed by atoms with Crippen LogP contribution < -0.4 is 16.4 Å². The lowest BCUT2D eigenvalue weighted by Crippen LogP contribution is -2.55. The summed E-state index contributed by atoms with van der Waals surface area (Å²) in [6.45, 7) is 7.27. The first kappa shape index (κ1) is 26.0. The second-order valence-corrected chi connectivity index (χ2v) is 10.2. The highest BCUT2D eigenvalue weighted by Crippen LogP contribution is 2.40. The number of hydrogen-bond acceptors (Lipinski definition) is 5. The summed E-state index contributed by atoms with van der Waals surface area (Å²) in [6.07, 6.45) is 4.31. The number of amides is 2. The smallest absolute Gasteiger partial charge is 0.391 e. The Morgan fingerprint density at radius 1 is 1.07 bits per heavy atom. The molecule has 1 rings (SSSR count). The summed E-state index contributed by atoms with van der Waals surface area (Å²) in [7, 11) is -2.39. The van der Waals surface area contributed by atoms with Crippen molar-refractivity contribution in [2.45, 2.75) is 90.1 Å². The SMILES string of the molecule is CC(C)[C@H](N)C(=O)N[C@H](C(=O)NC[C@H](O)CC(C1CCCCC1)[P+](=O)O)C(C)C. The van der Waals surface area contributed by atoms with Crippen LogP contribution in [0.15, 0.2) is 0 Å². The fourth-order valence-electron chi connectivity index (χ4n) is 3.76. The molecule has 0 aliphatic heterocycles. The number of rotatable bonds is 11. The van der Waals surface area contributed by atoms with Gasteiger partial charge in [0, 0.05) is 18.9 Å². The molecule has 1 fully saturated rings. The second kappa shape index (κ2) is 12.6. The fourth-order valence-corrected chi connectivity index (χ4v) is 4.84. The van der Waals surface area contributed by atoms with E-state index in [0.717, 1.165) is 32.1 Å². The van der Waals surface area contributed by atoms with Gasteiger partial charge in [0.15, 0.2) is 5.66 Å². The zero-order valence-corrected chi connectivity index (χ0v) is 19.0. The monoisotopic (exact) mass is 432 g/mol. The predicted molar refractivity (Wildman–Crippen MR) is 113 cm³/mol. The molecule has 2 unspecified atom stereocenters. The number of hydrogen-bond donors (Lipinski definition) is 5. The van der Waals surface area contributed by atoms with Crippen molar-refractivity contribution < 1.29 is 24.2 Å². The quantitative estimate of drug-likeness (QED) is 0.314. The summed E-state index contributed by atoms with van der Waals surface area (Å²) < 4.78 is 11.8. The molecule has 0 saturated heterocycles. The van der Waals surface area contributed by atoms with Gasteiger partial charge in [-0.05, 0) is 29.2 Å². The van der Waals surface area contributed by atoms with Crippen LogP contribution >= 0.6 is 8.03 Å². The molecule has 2 amide bonds. The van der Waals surface area contributed by atoms with Crippen LogP contribution in [0.5, 0.6) is 0 Å². The van der Waals surface area contributed by atoms with Crippen LogP contribution in [0, 0.1) is 17.8 Å². The van der Waals surface area contributed by atoms with Crippen LogP contribution in [0.2, 0.25) is 0 Å². The Hall–Kier alpha value is -1.08. The first-order valence-electron chi connectivity index (χ1n) is 10.7. The molecule has 0 aromatic heterocycles. The molecule has 29 heavy (non-hydrogen) atoms. The van der Waals surface area contributed by atoms with Gasteiger partial charge in [-0.3, -0.25) is 9.59 Å². The highest BCUT2D eigenvalue weighted by atomic mass is 31.1. The zero-order valence-electron chi connectivity index (χ0n) is 18.1. The molecule has 1 saturated carbocycles. The molecular formula is C20H39N3O5P+. The Morgan fingerprint density at radius 3 is 2.14 bits per heavy atom. The standard InChI is InChI=1S/C20H38N3O5P/c1-12(2)17(21)19(25)23-18(13(3)4)20(26)22-11-15(24)10-16(29(27)28)14-8-6-5-7-9-14/h12-18,24H,5-11,21H2,1-4H3,(H2-,22,23,25,26,27,28)/p+1/t15-,16?,17+,18+/m1/s1. The minimum absolute atomic E-state index is 0.0272. The van der Waals surface area contributed by atoms with Crippen LogP contribution in [0.3, 0.4) is 0 Å². The molecule has 168 valence electrons. The van der Waals surface area contributed by atoms with Gasteiger partial charge in [-0.1, -0.05) is 47.0 Å². The molecule has 0 spiro atoms. The van der Waals surface area contributed by atoms with Crippen molar-refractivity contribution in [3.05, 3.63) is 0 Å². The maximum atomic E-state index is 12.6. The Labute approximate surface area is 175 Å². The van der Waals surface area contributed by atoms with Gasteiger partial charge in [0.05, 0.1) is 12.1 Å². The van der Waals surface area contributed by atoms with Gasteiger partial charge in [0.2, 0.25) is 11.8 Å². The van der Waals surface area contributed by atoms with Crippen LogP contribution in [0.25, 0.3) is 0 Å². The van der Waals surface area contributed by atoms with Crippen molar-refractivity contribution in [3.63, 3.8) is 0 Å². The summed E-state index contributed by atoms with van der Waals surface area (Å²) >= 11 is 0. The van der Waals surface area contributed by atoms with Crippen LogP contribution in [-0.4, -0.2) is 52.2 Å². The van der Waals surface area contributed by atoms with E-state index >= 15 is 0 Å². The highest BCUT2D eigenvalue weighted by molar-refractivity contribution is 7.38. The van der Waals surface area contributed by atoms with Gasteiger partial charge in [-0.25, -0.2) is 0 Å². The lowest BCUT2D eigenvalue weighted by atomic mass is 9.85. The Kier molecular flexibility index (Phi) is 11.3. The van der Waals surface area contributed by atoms with Gasteiger partial charge in [-0.15, -0.1) is 0 Å². The fraction of sp³-hybridized carbons (Fsp3) is 0.900. The number of aliphatic hydroxyl groups excluding tert-OH is 1. The summed E-state index contributed by atoms with van der Waals surface area (Å²) in [6, 6.07) is -1.46. The van der Waals surface area contributed by atoms with Gasteiger partial charge in [0.1, 0.15) is 6.04 Å². The Balaban J connectivity index is 2.59. The second-order valence-electron chi connectivity index (χ2n) is 8.90. The number of nitrogens with one attached hydrogen (secondary N) is 2. The lowest BCUT2D eigenvalue weighted by Gasteiger charge is -2.26. The van der Waals surface area contributed by atoms with E-state index in [-0.39, 0.29) is 36.6 Å².